The maximum atomic E-state index is 11.5. The Bertz CT molecular complexity index is 279. The molecular formula is C11H17NO3. The third-order valence-corrected chi connectivity index (χ3v) is 2.71. The fraction of sp³-hybridized carbons (Fsp3) is 0.727. The van der Waals surface area contributed by atoms with E-state index in [-0.39, 0.29) is 24.3 Å². The Hall–Kier alpha value is -1.05. The van der Waals surface area contributed by atoms with E-state index in [1.807, 2.05) is 0 Å². The summed E-state index contributed by atoms with van der Waals surface area (Å²) in [5, 5.41) is 9.16. The van der Waals surface area contributed by atoms with Crippen molar-refractivity contribution in [1.82, 2.24) is 4.90 Å². The van der Waals surface area contributed by atoms with Gasteiger partial charge in [-0.25, -0.2) is 0 Å². The van der Waals surface area contributed by atoms with Crippen molar-refractivity contribution in [3.8, 4) is 11.8 Å². The van der Waals surface area contributed by atoms with Gasteiger partial charge in [-0.05, 0) is 12.8 Å². The summed E-state index contributed by atoms with van der Waals surface area (Å²) in [5.41, 5.74) is 0. The molecule has 0 bridgehead atoms. The first-order chi connectivity index (χ1) is 7.22. The molecule has 1 aliphatic rings. The topological polar surface area (TPSA) is 49.8 Å². The van der Waals surface area contributed by atoms with E-state index < -0.39 is 0 Å². The minimum Gasteiger partial charge on any atom is -0.396 e. The quantitative estimate of drug-likeness (QED) is 0.653. The molecule has 1 rings (SSSR count). The van der Waals surface area contributed by atoms with Gasteiger partial charge in [0.1, 0.15) is 0 Å². The molecule has 1 saturated heterocycles. The zero-order chi connectivity index (χ0) is 11.3. The Labute approximate surface area is 90.2 Å². The van der Waals surface area contributed by atoms with Gasteiger partial charge in [0.2, 0.25) is 0 Å². The molecular weight excluding hydrogens is 194 g/mol. The van der Waals surface area contributed by atoms with E-state index in [1.165, 1.54) is 0 Å². The summed E-state index contributed by atoms with van der Waals surface area (Å²) in [7, 11) is 1.63. The maximum Gasteiger partial charge on any atom is 0.298 e. The molecule has 1 N–H and O–H groups in total. The molecule has 4 heteroatoms. The highest BCUT2D eigenvalue weighted by Gasteiger charge is 2.34. The van der Waals surface area contributed by atoms with Crippen LogP contribution in [0.3, 0.4) is 0 Å². The van der Waals surface area contributed by atoms with Gasteiger partial charge in [-0.2, -0.15) is 0 Å². The molecule has 0 radical (unpaired) electrons. The predicted octanol–water partition coefficient (Wildman–Crippen LogP) is -0.277. The van der Waals surface area contributed by atoms with Crippen molar-refractivity contribution in [3.63, 3.8) is 0 Å². The van der Waals surface area contributed by atoms with Crippen LogP contribution in [0.4, 0.5) is 0 Å². The number of amides is 1. The van der Waals surface area contributed by atoms with Gasteiger partial charge in [0.25, 0.3) is 5.91 Å². The van der Waals surface area contributed by atoms with E-state index in [1.54, 1.807) is 18.9 Å². The lowest BCUT2D eigenvalue weighted by Gasteiger charge is -2.13. The number of rotatable bonds is 3. The van der Waals surface area contributed by atoms with Crippen LogP contribution >= 0.6 is 0 Å². The van der Waals surface area contributed by atoms with Crippen molar-refractivity contribution in [3.05, 3.63) is 0 Å². The summed E-state index contributed by atoms with van der Waals surface area (Å²) >= 11 is 0. The van der Waals surface area contributed by atoms with Crippen LogP contribution in [0.25, 0.3) is 0 Å². The van der Waals surface area contributed by atoms with E-state index >= 15 is 0 Å². The average Bonchev–Trinajstić information content (AvgIpc) is 2.62. The molecule has 1 amide bonds. The molecule has 2 atom stereocenters. The number of likely N-dealkylation sites (tertiary alicyclic amines) is 1. The normalized spacial score (nSPS) is 24.9. The lowest BCUT2D eigenvalue weighted by atomic mass is 9.98. The lowest BCUT2D eigenvalue weighted by Crippen LogP contribution is -2.28. The van der Waals surface area contributed by atoms with Gasteiger partial charge < -0.3 is 14.7 Å². The number of aliphatic hydroxyl groups excluding tert-OH is 1. The zero-order valence-corrected chi connectivity index (χ0v) is 9.19. The van der Waals surface area contributed by atoms with Crippen LogP contribution in [0.15, 0.2) is 0 Å². The molecule has 1 heterocycles. The molecule has 1 fully saturated rings. The first-order valence-corrected chi connectivity index (χ1v) is 5.04. The van der Waals surface area contributed by atoms with Crippen LogP contribution in [0.5, 0.6) is 0 Å². The van der Waals surface area contributed by atoms with E-state index in [0.717, 1.165) is 0 Å². The van der Waals surface area contributed by atoms with Crippen molar-refractivity contribution >= 4 is 5.91 Å². The average molecular weight is 211 g/mol. The highest BCUT2D eigenvalue weighted by atomic mass is 16.5. The molecule has 0 aromatic carbocycles. The van der Waals surface area contributed by atoms with Crippen LogP contribution in [0, 0.1) is 23.7 Å². The van der Waals surface area contributed by atoms with Gasteiger partial charge in [-0.3, -0.25) is 4.79 Å². The van der Waals surface area contributed by atoms with Crippen molar-refractivity contribution in [2.45, 2.75) is 6.92 Å². The number of carbonyl (C=O) groups is 1. The SMILES string of the molecule is CC#CC(=O)N1C[C@@H](COC)[C@@H](CO)C1. The summed E-state index contributed by atoms with van der Waals surface area (Å²) in [6.45, 7) is 3.53. The minimum atomic E-state index is -0.158. The molecule has 0 aliphatic carbocycles. The summed E-state index contributed by atoms with van der Waals surface area (Å²) in [4.78, 5) is 13.2. The second kappa shape index (κ2) is 5.74. The molecule has 0 aromatic heterocycles. The van der Waals surface area contributed by atoms with Gasteiger partial charge >= 0.3 is 0 Å². The second-order valence-electron chi connectivity index (χ2n) is 3.74. The number of nitrogens with zero attached hydrogens (tertiary/aromatic N) is 1. The Kier molecular flexibility index (Phi) is 4.60. The van der Waals surface area contributed by atoms with Crippen LogP contribution in [0.1, 0.15) is 6.92 Å². The molecule has 0 aromatic rings. The summed E-state index contributed by atoms with van der Waals surface area (Å²) < 4.78 is 5.06. The Morgan fingerprint density at radius 1 is 1.53 bits per heavy atom. The maximum absolute atomic E-state index is 11.5. The molecule has 15 heavy (non-hydrogen) atoms. The van der Waals surface area contributed by atoms with Crippen molar-refractivity contribution < 1.29 is 14.6 Å². The van der Waals surface area contributed by atoms with Gasteiger partial charge in [0.15, 0.2) is 0 Å². The molecule has 84 valence electrons. The van der Waals surface area contributed by atoms with Crippen molar-refractivity contribution in [1.29, 1.82) is 0 Å². The Morgan fingerprint density at radius 3 is 2.73 bits per heavy atom. The number of ether oxygens (including phenoxy) is 1. The summed E-state index contributed by atoms with van der Waals surface area (Å²) in [6, 6.07) is 0. The number of aliphatic hydroxyl groups is 1. The first-order valence-electron chi connectivity index (χ1n) is 5.04. The van der Waals surface area contributed by atoms with Gasteiger partial charge in [0.05, 0.1) is 6.61 Å². The largest absolute Gasteiger partial charge is 0.396 e. The van der Waals surface area contributed by atoms with Crippen molar-refractivity contribution in [2.75, 3.05) is 33.4 Å². The fourth-order valence-electron chi connectivity index (χ4n) is 1.90. The third-order valence-electron chi connectivity index (χ3n) is 2.71. The predicted molar refractivity (Wildman–Crippen MR) is 56.0 cm³/mol. The number of hydrogen-bond donors (Lipinski definition) is 1. The molecule has 4 nitrogen and oxygen atoms in total. The van der Waals surface area contributed by atoms with Crippen LogP contribution < -0.4 is 0 Å². The standard InChI is InChI=1S/C11H17NO3/c1-3-4-11(14)12-5-9(7-13)10(6-12)8-15-2/h9-10,13H,5-8H2,1-2H3/t9-,10+/m1/s1. The highest BCUT2D eigenvalue weighted by Crippen LogP contribution is 2.23. The third kappa shape index (κ3) is 2.95. The Morgan fingerprint density at radius 2 is 2.20 bits per heavy atom. The highest BCUT2D eigenvalue weighted by molar-refractivity contribution is 5.93. The second-order valence-corrected chi connectivity index (χ2v) is 3.74. The van der Waals surface area contributed by atoms with Crippen LogP contribution in [0.2, 0.25) is 0 Å². The van der Waals surface area contributed by atoms with Crippen molar-refractivity contribution in [2.24, 2.45) is 11.8 Å². The first kappa shape index (κ1) is 12.0. The monoisotopic (exact) mass is 211 g/mol. The molecule has 0 unspecified atom stereocenters. The molecule has 0 spiro atoms. The molecule has 1 aliphatic heterocycles. The van der Waals surface area contributed by atoms with Crippen LogP contribution in [-0.2, 0) is 9.53 Å². The van der Waals surface area contributed by atoms with Crippen LogP contribution in [-0.4, -0.2) is 49.3 Å². The fourth-order valence-corrected chi connectivity index (χ4v) is 1.90. The zero-order valence-electron chi connectivity index (χ0n) is 9.19. The minimum absolute atomic E-state index is 0.0946. The lowest BCUT2D eigenvalue weighted by molar-refractivity contribution is -0.124. The van der Waals surface area contributed by atoms with E-state index in [0.29, 0.717) is 19.7 Å². The van der Waals surface area contributed by atoms with Gasteiger partial charge in [-0.15, -0.1) is 0 Å². The Balaban J connectivity index is 2.58. The summed E-state index contributed by atoms with van der Waals surface area (Å²) in [6.07, 6.45) is 0. The molecule has 0 saturated carbocycles. The van der Waals surface area contributed by atoms with Gasteiger partial charge in [0, 0.05) is 38.6 Å². The van der Waals surface area contributed by atoms with E-state index in [2.05, 4.69) is 11.8 Å². The smallest absolute Gasteiger partial charge is 0.298 e. The van der Waals surface area contributed by atoms with E-state index in [4.69, 9.17) is 9.84 Å². The summed E-state index contributed by atoms with van der Waals surface area (Å²) in [5.74, 6) is 5.28. The van der Waals surface area contributed by atoms with E-state index in [9.17, 15) is 4.79 Å². The number of methoxy groups -OCH3 is 1. The van der Waals surface area contributed by atoms with Gasteiger partial charge in [-0.1, -0.05) is 5.92 Å². The number of carbonyl (C=O) groups excluding carboxylic acids is 1. The number of hydrogen-bond acceptors (Lipinski definition) is 3.